The predicted octanol–water partition coefficient (Wildman–Crippen LogP) is 3.10. The van der Waals surface area contributed by atoms with Gasteiger partial charge in [0.1, 0.15) is 0 Å². The van der Waals surface area contributed by atoms with Crippen LogP contribution in [-0.2, 0) is 4.74 Å². The molecular formula is C17H31NO2. The highest BCUT2D eigenvalue weighted by Crippen LogP contribution is 2.41. The van der Waals surface area contributed by atoms with Crippen LogP contribution >= 0.6 is 0 Å². The highest BCUT2D eigenvalue weighted by atomic mass is 16.5. The van der Waals surface area contributed by atoms with Crippen molar-refractivity contribution in [3.05, 3.63) is 0 Å². The molecule has 116 valence electrons. The molecule has 2 saturated heterocycles. The van der Waals surface area contributed by atoms with E-state index in [9.17, 15) is 5.11 Å². The van der Waals surface area contributed by atoms with E-state index in [0.717, 1.165) is 13.0 Å². The van der Waals surface area contributed by atoms with Crippen LogP contribution in [-0.4, -0.2) is 46.9 Å². The SMILES string of the molecule is CC(O)CC1CCCN1C1CCOC2(CCCCC2)C1. The second kappa shape index (κ2) is 6.33. The molecule has 3 atom stereocenters. The van der Waals surface area contributed by atoms with E-state index < -0.39 is 0 Å². The van der Waals surface area contributed by atoms with Crippen molar-refractivity contribution in [2.75, 3.05) is 13.2 Å². The molecule has 1 N–H and O–H groups in total. The van der Waals surface area contributed by atoms with E-state index >= 15 is 0 Å². The van der Waals surface area contributed by atoms with E-state index in [-0.39, 0.29) is 11.7 Å². The molecule has 20 heavy (non-hydrogen) atoms. The van der Waals surface area contributed by atoms with Crippen molar-refractivity contribution in [3.63, 3.8) is 0 Å². The fraction of sp³-hybridized carbons (Fsp3) is 1.00. The zero-order valence-electron chi connectivity index (χ0n) is 13.0. The Morgan fingerprint density at radius 3 is 2.75 bits per heavy atom. The van der Waals surface area contributed by atoms with Gasteiger partial charge in [-0.25, -0.2) is 0 Å². The minimum atomic E-state index is -0.163. The van der Waals surface area contributed by atoms with Crippen LogP contribution < -0.4 is 0 Å². The summed E-state index contributed by atoms with van der Waals surface area (Å²) >= 11 is 0. The van der Waals surface area contributed by atoms with Crippen LogP contribution in [0.4, 0.5) is 0 Å². The monoisotopic (exact) mass is 281 g/mol. The van der Waals surface area contributed by atoms with Gasteiger partial charge in [-0.05, 0) is 58.4 Å². The number of aliphatic hydroxyl groups excluding tert-OH is 1. The van der Waals surface area contributed by atoms with Gasteiger partial charge in [0.2, 0.25) is 0 Å². The summed E-state index contributed by atoms with van der Waals surface area (Å²) in [5, 5.41) is 9.72. The average molecular weight is 281 g/mol. The zero-order chi connectivity index (χ0) is 14.0. The molecule has 3 heteroatoms. The summed E-state index contributed by atoms with van der Waals surface area (Å²) in [6, 6.07) is 1.31. The Balaban J connectivity index is 1.63. The molecule has 0 aromatic rings. The second-order valence-corrected chi connectivity index (χ2v) is 7.36. The number of nitrogens with zero attached hydrogens (tertiary/aromatic N) is 1. The lowest BCUT2D eigenvalue weighted by Gasteiger charge is -2.47. The van der Waals surface area contributed by atoms with Crippen LogP contribution in [0.5, 0.6) is 0 Å². The van der Waals surface area contributed by atoms with E-state index in [1.807, 2.05) is 6.92 Å². The smallest absolute Gasteiger partial charge is 0.0697 e. The molecule has 1 aliphatic carbocycles. The van der Waals surface area contributed by atoms with Crippen molar-refractivity contribution >= 4 is 0 Å². The van der Waals surface area contributed by atoms with Crippen LogP contribution in [0, 0.1) is 0 Å². The summed E-state index contributed by atoms with van der Waals surface area (Å²) in [7, 11) is 0. The van der Waals surface area contributed by atoms with Gasteiger partial charge in [-0.3, -0.25) is 4.90 Å². The Labute approximate surface area is 123 Å². The van der Waals surface area contributed by atoms with Gasteiger partial charge in [0.05, 0.1) is 11.7 Å². The maximum atomic E-state index is 9.72. The molecule has 0 aromatic heterocycles. The summed E-state index contributed by atoms with van der Waals surface area (Å²) < 4.78 is 6.24. The lowest BCUT2D eigenvalue weighted by molar-refractivity contribution is -0.126. The number of likely N-dealkylation sites (tertiary alicyclic amines) is 1. The largest absolute Gasteiger partial charge is 0.393 e. The quantitative estimate of drug-likeness (QED) is 0.863. The van der Waals surface area contributed by atoms with Gasteiger partial charge >= 0.3 is 0 Å². The molecule has 3 rings (SSSR count). The molecule has 1 saturated carbocycles. The van der Waals surface area contributed by atoms with Crippen molar-refractivity contribution in [3.8, 4) is 0 Å². The van der Waals surface area contributed by atoms with E-state index in [0.29, 0.717) is 12.1 Å². The Kier molecular flexibility index (Phi) is 4.68. The summed E-state index contributed by atoms with van der Waals surface area (Å²) in [5.41, 5.74) is 0.207. The van der Waals surface area contributed by atoms with Crippen LogP contribution in [0.2, 0.25) is 0 Å². The molecule has 2 aliphatic heterocycles. The third-order valence-electron chi connectivity index (χ3n) is 5.74. The van der Waals surface area contributed by atoms with Crippen LogP contribution in [0.1, 0.15) is 71.1 Å². The lowest BCUT2D eigenvalue weighted by Crippen LogP contribution is -2.51. The first-order valence-corrected chi connectivity index (χ1v) is 8.76. The number of rotatable bonds is 3. The van der Waals surface area contributed by atoms with Gasteiger partial charge in [-0.2, -0.15) is 0 Å². The van der Waals surface area contributed by atoms with Gasteiger partial charge in [0.25, 0.3) is 0 Å². The lowest BCUT2D eigenvalue weighted by atomic mass is 9.78. The molecule has 0 amide bonds. The first-order chi connectivity index (χ1) is 9.69. The third-order valence-corrected chi connectivity index (χ3v) is 5.74. The first kappa shape index (κ1) is 14.8. The summed E-state index contributed by atoms with van der Waals surface area (Å²) in [4.78, 5) is 2.71. The van der Waals surface area contributed by atoms with Crippen molar-refractivity contribution in [1.82, 2.24) is 4.90 Å². The normalized spacial score (nSPS) is 36.3. The summed E-state index contributed by atoms with van der Waals surface area (Å²) in [6.07, 6.45) is 12.4. The van der Waals surface area contributed by atoms with Crippen LogP contribution in [0.3, 0.4) is 0 Å². The van der Waals surface area contributed by atoms with Crippen LogP contribution in [0.15, 0.2) is 0 Å². The zero-order valence-corrected chi connectivity index (χ0v) is 13.0. The molecule has 3 unspecified atom stereocenters. The molecule has 0 aromatic carbocycles. The number of hydrogen-bond acceptors (Lipinski definition) is 3. The van der Waals surface area contributed by atoms with Crippen molar-refractivity contribution in [1.29, 1.82) is 0 Å². The molecule has 3 nitrogen and oxygen atoms in total. The first-order valence-electron chi connectivity index (χ1n) is 8.76. The highest BCUT2D eigenvalue weighted by molar-refractivity contribution is 4.96. The molecular weight excluding hydrogens is 250 g/mol. The van der Waals surface area contributed by atoms with Gasteiger partial charge in [-0.15, -0.1) is 0 Å². The third kappa shape index (κ3) is 3.20. The Morgan fingerprint density at radius 2 is 2.00 bits per heavy atom. The topological polar surface area (TPSA) is 32.7 Å². The van der Waals surface area contributed by atoms with Gasteiger partial charge < -0.3 is 9.84 Å². The maximum Gasteiger partial charge on any atom is 0.0697 e. The molecule has 2 heterocycles. The predicted molar refractivity (Wildman–Crippen MR) is 80.8 cm³/mol. The van der Waals surface area contributed by atoms with Gasteiger partial charge in [0, 0.05) is 18.7 Å². The van der Waals surface area contributed by atoms with Crippen molar-refractivity contribution < 1.29 is 9.84 Å². The summed E-state index contributed by atoms with van der Waals surface area (Å²) in [6.45, 7) is 4.11. The van der Waals surface area contributed by atoms with Gasteiger partial charge in [0.15, 0.2) is 0 Å². The number of hydrogen-bond donors (Lipinski definition) is 1. The van der Waals surface area contributed by atoms with Crippen molar-refractivity contribution in [2.24, 2.45) is 0 Å². The molecule has 3 fully saturated rings. The van der Waals surface area contributed by atoms with E-state index in [4.69, 9.17) is 4.74 Å². The highest BCUT2D eigenvalue weighted by Gasteiger charge is 2.42. The van der Waals surface area contributed by atoms with E-state index in [2.05, 4.69) is 4.90 Å². The molecule has 1 spiro atoms. The Bertz CT molecular complexity index is 307. The molecule has 0 bridgehead atoms. The Morgan fingerprint density at radius 1 is 1.20 bits per heavy atom. The molecule has 3 aliphatic rings. The van der Waals surface area contributed by atoms with Gasteiger partial charge in [-0.1, -0.05) is 19.3 Å². The van der Waals surface area contributed by atoms with E-state index in [1.165, 1.54) is 64.3 Å². The maximum absolute atomic E-state index is 9.72. The van der Waals surface area contributed by atoms with Crippen LogP contribution in [0.25, 0.3) is 0 Å². The van der Waals surface area contributed by atoms with Crippen molar-refractivity contribution in [2.45, 2.75) is 94.9 Å². The minimum Gasteiger partial charge on any atom is -0.393 e. The second-order valence-electron chi connectivity index (χ2n) is 7.36. The number of ether oxygens (including phenoxy) is 1. The van der Waals surface area contributed by atoms with E-state index in [1.54, 1.807) is 0 Å². The standard InChI is InChI=1S/C17H31NO2/c1-14(19)12-15-6-5-10-18(15)16-7-11-20-17(13-16)8-3-2-4-9-17/h14-16,19H,2-13H2,1H3. The molecule has 0 radical (unpaired) electrons. The fourth-order valence-electron chi connectivity index (χ4n) is 4.82. The Hall–Kier alpha value is -0.120. The number of aliphatic hydroxyl groups is 1. The fourth-order valence-corrected chi connectivity index (χ4v) is 4.82. The average Bonchev–Trinajstić information content (AvgIpc) is 2.87. The summed E-state index contributed by atoms with van der Waals surface area (Å²) in [5.74, 6) is 0. The minimum absolute atomic E-state index is 0.163.